The Balaban J connectivity index is 1.82. The number of aromatic nitrogens is 2. The molecular weight excluding hydrogens is 297 g/mol. The predicted octanol–water partition coefficient (Wildman–Crippen LogP) is 4.54. The minimum absolute atomic E-state index is 0.312. The summed E-state index contributed by atoms with van der Waals surface area (Å²) in [5.41, 5.74) is 2.22. The first-order valence-electron chi connectivity index (χ1n) is 5.99. The number of H-pyrrole nitrogens is 1. The molecule has 6 heteroatoms. The number of hydrogen-bond acceptors (Lipinski definition) is 3. The van der Waals surface area contributed by atoms with Crippen LogP contribution in [0.5, 0.6) is 0 Å². The summed E-state index contributed by atoms with van der Waals surface area (Å²) in [6.45, 7) is 0.449. The first-order valence-corrected chi connectivity index (χ1v) is 7.25. The third kappa shape index (κ3) is 2.55. The third-order valence-corrected chi connectivity index (χ3v) is 4.11. The van der Waals surface area contributed by atoms with Crippen LogP contribution in [-0.4, -0.2) is 10.2 Å². The number of aromatic amines is 1. The van der Waals surface area contributed by atoms with Crippen molar-refractivity contribution in [2.45, 2.75) is 6.54 Å². The fraction of sp³-hybridized carbons (Fsp3) is 0.0714. The molecule has 3 nitrogen and oxygen atoms in total. The lowest BCUT2D eigenvalue weighted by Gasteiger charge is -2.09. The second kappa shape index (κ2) is 5.64. The highest BCUT2D eigenvalue weighted by Crippen LogP contribution is 2.28. The van der Waals surface area contributed by atoms with E-state index in [1.54, 1.807) is 29.7 Å². The lowest BCUT2D eigenvalue weighted by molar-refractivity contribution is 0.630. The van der Waals surface area contributed by atoms with E-state index in [1.807, 2.05) is 17.5 Å². The average Bonchev–Trinajstić information content (AvgIpc) is 3.08. The third-order valence-electron chi connectivity index (χ3n) is 2.90. The summed E-state index contributed by atoms with van der Waals surface area (Å²) in [5, 5.41) is 12.4. The molecule has 20 heavy (non-hydrogen) atoms. The Kier molecular flexibility index (Phi) is 3.71. The zero-order valence-corrected chi connectivity index (χ0v) is 11.9. The number of nitrogens with zero attached hydrogens (tertiary/aromatic N) is 1. The Morgan fingerprint density at radius 2 is 2.20 bits per heavy atom. The summed E-state index contributed by atoms with van der Waals surface area (Å²) in [6, 6.07) is 8.60. The molecule has 2 N–H and O–H groups in total. The second-order valence-electron chi connectivity index (χ2n) is 4.20. The Bertz CT molecular complexity index is 689. The van der Waals surface area contributed by atoms with Crippen LogP contribution in [0.4, 0.5) is 10.1 Å². The lowest BCUT2D eigenvalue weighted by Crippen LogP contribution is -2.02. The van der Waals surface area contributed by atoms with Gasteiger partial charge in [0, 0.05) is 12.1 Å². The first-order chi connectivity index (χ1) is 9.75. The van der Waals surface area contributed by atoms with Crippen molar-refractivity contribution in [3.63, 3.8) is 0 Å². The molecule has 2 aromatic heterocycles. The number of halogens is 2. The normalized spacial score (nSPS) is 10.7. The van der Waals surface area contributed by atoms with E-state index >= 15 is 0 Å². The number of benzene rings is 1. The first kappa shape index (κ1) is 13.1. The van der Waals surface area contributed by atoms with Gasteiger partial charge in [0.2, 0.25) is 0 Å². The van der Waals surface area contributed by atoms with Gasteiger partial charge >= 0.3 is 0 Å². The Morgan fingerprint density at radius 3 is 2.95 bits per heavy atom. The van der Waals surface area contributed by atoms with E-state index in [0.29, 0.717) is 17.3 Å². The highest BCUT2D eigenvalue weighted by molar-refractivity contribution is 7.13. The largest absolute Gasteiger partial charge is 0.377 e. The SMILES string of the molecule is Fc1cccc(Cl)c1NCc1cn[nH]c1-c1cccs1. The number of hydrogen-bond donors (Lipinski definition) is 2. The van der Waals surface area contributed by atoms with Gasteiger partial charge in [0.15, 0.2) is 0 Å². The van der Waals surface area contributed by atoms with Gasteiger partial charge in [-0.3, -0.25) is 5.10 Å². The van der Waals surface area contributed by atoms with Crippen LogP contribution in [0.2, 0.25) is 5.02 Å². The number of para-hydroxylation sites is 1. The molecule has 0 saturated carbocycles. The minimum atomic E-state index is -0.362. The van der Waals surface area contributed by atoms with E-state index in [2.05, 4.69) is 15.5 Å². The molecule has 0 aliphatic carbocycles. The van der Waals surface area contributed by atoms with Crippen molar-refractivity contribution in [2.24, 2.45) is 0 Å². The van der Waals surface area contributed by atoms with Crippen LogP contribution in [0, 0.1) is 5.82 Å². The van der Waals surface area contributed by atoms with Crippen LogP contribution in [0.15, 0.2) is 41.9 Å². The predicted molar refractivity (Wildman–Crippen MR) is 80.6 cm³/mol. The van der Waals surface area contributed by atoms with Gasteiger partial charge in [-0.2, -0.15) is 5.10 Å². The zero-order valence-electron chi connectivity index (χ0n) is 10.4. The van der Waals surface area contributed by atoms with Gasteiger partial charge in [-0.05, 0) is 23.6 Å². The van der Waals surface area contributed by atoms with Gasteiger partial charge in [-0.1, -0.05) is 23.7 Å². The topological polar surface area (TPSA) is 40.7 Å². The Hall–Kier alpha value is -1.85. The molecule has 0 spiro atoms. The monoisotopic (exact) mass is 307 g/mol. The Morgan fingerprint density at radius 1 is 1.30 bits per heavy atom. The summed E-state index contributed by atoms with van der Waals surface area (Å²) in [6.07, 6.45) is 1.73. The van der Waals surface area contributed by atoms with E-state index < -0.39 is 0 Å². The summed E-state index contributed by atoms with van der Waals surface area (Å²) in [4.78, 5) is 1.10. The van der Waals surface area contributed by atoms with E-state index in [9.17, 15) is 4.39 Å². The maximum atomic E-state index is 13.7. The van der Waals surface area contributed by atoms with Crippen LogP contribution < -0.4 is 5.32 Å². The molecule has 0 atom stereocenters. The molecule has 2 heterocycles. The maximum absolute atomic E-state index is 13.7. The summed E-state index contributed by atoms with van der Waals surface area (Å²) in [5.74, 6) is -0.362. The summed E-state index contributed by atoms with van der Waals surface area (Å²) in [7, 11) is 0. The fourth-order valence-corrected chi connectivity index (χ4v) is 2.91. The van der Waals surface area contributed by atoms with Crippen LogP contribution in [0.25, 0.3) is 10.6 Å². The maximum Gasteiger partial charge on any atom is 0.147 e. The van der Waals surface area contributed by atoms with Crippen molar-refractivity contribution in [3.8, 4) is 10.6 Å². The van der Waals surface area contributed by atoms with Crippen molar-refractivity contribution in [2.75, 3.05) is 5.32 Å². The second-order valence-corrected chi connectivity index (χ2v) is 5.55. The van der Waals surface area contributed by atoms with Gasteiger partial charge in [-0.15, -0.1) is 11.3 Å². The summed E-state index contributed by atoms with van der Waals surface area (Å²) >= 11 is 7.61. The van der Waals surface area contributed by atoms with Gasteiger partial charge in [-0.25, -0.2) is 4.39 Å². The highest BCUT2D eigenvalue weighted by atomic mass is 35.5. The quantitative estimate of drug-likeness (QED) is 0.743. The van der Waals surface area contributed by atoms with E-state index in [4.69, 9.17) is 11.6 Å². The fourth-order valence-electron chi connectivity index (χ4n) is 1.93. The molecule has 0 fully saturated rings. The van der Waals surface area contributed by atoms with E-state index in [1.165, 1.54) is 6.07 Å². The van der Waals surface area contributed by atoms with Gasteiger partial charge < -0.3 is 5.32 Å². The zero-order chi connectivity index (χ0) is 13.9. The van der Waals surface area contributed by atoms with Gasteiger partial charge in [0.25, 0.3) is 0 Å². The molecule has 102 valence electrons. The smallest absolute Gasteiger partial charge is 0.147 e. The molecule has 0 saturated heterocycles. The van der Waals surface area contributed by atoms with Crippen LogP contribution in [0.3, 0.4) is 0 Å². The van der Waals surface area contributed by atoms with Crippen LogP contribution >= 0.6 is 22.9 Å². The molecule has 0 amide bonds. The van der Waals surface area contributed by atoms with Crippen LogP contribution in [-0.2, 0) is 6.54 Å². The summed E-state index contributed by atoms with van der Waals surface area (Å²) < 4.78 is 13.7. The molecule has 3 aromatic rings. The lowest BCUT2D eigenvalue weighted by atomic mass is 10.2. The number of anilines is 1. The van der Waals surface area contributed by atoms with E-state index in [0.717, 1.165) is 16.1 Å². The molecule has 1 aromatic carbocycles. The molecule has 0 aliphatic heterocycles. The number of nitrogens with one attached hydrogen (secondary N) is 2. The van der Waals surface area contributed by atoms with E-state index in [-0.39, 0.29) is 5.82 Å². The standard InChI is InChI=1S/C14H11ClFN3S/c15-10-3-1-4-11(16)14(10)17-7-9-8-18-19-13(9)12-5-2-6-20-12/h1-6,8,17H,7H2,(H,18,19). The van der Waals surface area contributed by atoms with Crippen molar-refractivity contribution >= 4 is 28.6 Å². The highest BCUT2D eigenvalue weighted by Gasteiger charge is 2.11. The van der Waals surface area contributed by atoms with Gasteiger partial charge in [0.05, 0.1) is 27.5 Å². The van der Waals surface area contributed by atoms with Crippen molar-refractivity contribution in [1.29, 1.82) is 0 Å². The van der Waals surface area contributed by atoms with Crippen molar-refractivity contribution in [3.05, 3.63) is 58.3 Å². The van der Waals surface area contributed by atoms with Crippen LogP contribution in [0.1, 0.15) is 5.56 Å². The Labute approximate surface area is 124 Å². The number of rotatable bonds is 4. The molecule has 0 aliphatic rings. The average molecular weight is 308 g/mol. The minimum Gasteiger partial charge on any atom is -0.377 e. The molecule has 0 radical (unpaired) electrons. The molecule has 0 unspecified atom stereocenters. The van der Waals surface area contributed by atoms with Crippen molar-refractivity contribution in [1.82, 2.24) is 10.2 Å². The number of thiophene rings is 1. The molecular formula is C14H11ClFN3S. The van der Waals surface area contributed by atoms with Crippen molar-refractivity contribution < 1.29 is 4.39 Å². The molecule has 0 bridgehead atoms. The molecule has 3 rings (SSSR count). The van der Waals surface area contributed by atoms with Gasteiger partial charge in [0.1, 0.15) is 5.82 Å².